The van der Waals surface area contributed by atoms with E-state index >= 15 is 0 Å². The molecule has 1 heteroatoms. The van der Waals surface area contributed by atoms with Crippen LogP contribution in [0.4, 0.5) is 0 Å². The molecule has 0 aromatic heterocycles. The SMILES string of the molecule is CC/C=C/CC[C@H]1CC[C@H](CC[C@H]2CC[C@H](OCCCCC)CC2)CC1. The molecule has 26 heavy (non-hydrogen) atoms. The molecule has 0 amide bonds. The molecule has 0 bridgehead atoms. The average Bonchev–Trinajstić information content (AvgIpc) is 2.69. The first-order valence-corrected chi connectivity index (χ1v) is 12.1. The molecule has 1 nitrogen and oxygen atoms in total. The van der Waals surface area contributed by atoms with E-state index in [0.29, 0.717) is 6.10 Å². The molecule has 0 unspecified atom stereocenters. The smallest absolute Gasteiger partial charge is 0.0575 e. The second-order valence-electron chi connectivity index (χ2n) is 9.14. The summed E-state index contributed by atoms with van der Waals surface area (Å²) < 4.78 is 6.08. The quantitative estimate of drug-likeness (QED) is 0.252. The lowest BCUT2D eigenvalue weighted by Crippen LogP contribution is -2.23. The summed E-state index contributed by atoms with van der Waals surface area (Å²) in [6.45, 7) is 5.50. The third-order valence-corrected chi connectivity index (χ3v) is 6.99. The van der Waals surface area contributed by atoms with Crippen molar-refractivity contribution in [3.05, 3.63) is 12.2 Å². The van der Waals surface area contributed by atoms with Gasteiger partial charge in [0.25, 0.3) is 0 Å². The van der Waals surface area contributed by atoms with E-state index in [1.54, 1.807) is 0 Å². The van der Waals surface area contributed by atoms with E-state index < -0.39 is 0 Å². The van der Waals surface area contributed by atoms with Crippen LogP contribution in [0, 0.1) is 17.8 Å². The highest BCUT2D eigenvalue weighted by Gasteiger charge is 2.24. The molecule has 2 rings (SSSR count). The van der Waals surface area contributed by atoms with Gasteiger partial charge in [-0.3, -0.25) is 0 Å². The summed E-state index contributed by atoms with van der Waals surface area (Å²) in [5, 5.41) is 0. The summed E-state index contributed by atoms with van der Waals surface area (Å²) in [5.74, 6) is 3.07. The monoisotopic (exact) mass is 362 g/mol. The van der Waals surface area contributed by atoms with Gasteiger partial charge in [0.2, 0.25) is 0 Å². The van der Waals surface area contributed by atoms with Gasteiger partial charge < -0.3 is 4.74 Å². The minimum Gasteiger partial charge on any atom is -0.378 e. The van der Waals surface area contributed by atoms with Gasteiger partial charge in [-0.15, -0.1) is 0 Å². The molecule has 0 saturated heterocycles. The molecule has 0 aliphatic heterocycles. The number of unbranched alkanes of at least 4 members (excludes halogenated alkanes) is 2. The van der Waals surface area contributed by atoms with Crippen LogP contribution in [0.5, 0.6) is 0 Å². The van der Waals surface area contributed by atoms with E-state index in [1.165, 1.54) is 103 Å². The molecule has 0 aromatic rings. The standard InChI is InChI=1S/C25H46O/c1-3-5-7-8-10-22-11-13-23(14-12-22)15-16-24-17-19-25(20-18-24)26-21-9-6-4-2/h5,7,22-25H,3-4,6,8-21H2,1-2H3/b7-5+/t22-,23-,24-,25-. The minimum absolute atomic E-state index is 0.584. The lowest BCUT2D eigenvalue weighted by Gasteiger charge is -2.32. The molecule has 0 radical (unpaired) electrons. The predicted octanol–water partition coefficient (Wildman–Crippen LogP) is 8.09. The van der Waals surface area contributed by atoms with Crippen molar-refractivity contribution in [1.29, 1.82) is 0 Å². The number of rotatable bonds is 12. The number of hydrogen-bond donors (Lipinski definition) is 0. The topological polar surface area (TPSA) is 9.23 Å². The van der Waals surface area contributed by atoms with E-state index in [4.69, 9.17) is 4.74 Å². The van der Waals surface area contributed by atoms with E-state index in [2.05, 4.69) is 26.0 Å². The summed E-state index contributed by atoms with van der Waals surface area (Å²) >= 11 is 0. The Morgan fingerprint density at radius 1 is 0.692 bits per heavy atom. The van der Waals surface area contributed by atoms with Gasteiger partial charge in [0.15, 0.2) is 0 Å². The number of allylic oxidation sites excluding steroid dienone is 2. The largest absolute Gasteiger partial charge is 0.378 e. The third-order valence-electron chi connectivity index (χ3n) is 6.99. The van der Waals surface area contributed by atoms with Gasteiger partial charge >= 0.3 is 0 Å². The summed E-state index contributed by atoms with van der Waals surface area (Å²) in [6.07, 6.45) is 27.7. The van der Waals surface area contributed by atoms with Crippen LogP contribution in [0.2, 0.25) is 0 Å². The maximum Gasteiger partial charge on any atom is 0.0575 e. The first-order chi connectivity index (χ1) is 12.8. The fourth-order valence-electron chi connectivity index (χ4n) is 5.09. The van der Waals surface area contributed by atoms with Crippen molar-refractivity contribution in [2.45, 2.75) is 123 Å². The Bertz CT molecular complexity index is 345. The van der Waals surface area contributed by atoms with Crippen LogP contribution in [0.25, 0.3) is 0 Å². The zero-order chi connectivity index (χ0) is 18.5. The number of ether oxygens (including phenoxy) is 1. The van der Waals surface area contributed by atoms with Gasteiger partial charge in [-0.1, -0.05) is 77.4 Å². The molecule has 2 aliphatic rings. The molecule has 0 N–H and O–H groups in total. The lowest BCUT2D eigenvalue weighted by atomic mass is 9.76. The summed E-state index contributed by atoms with van der Waals surface area (Å²) in [6, 6.07) is 0. The predicted molar refractivity (Wildman–Crippen MR) is 115 cm³/mol. The molecule has 0 atom stereocenters. The second-order valence-corrected chi connectivity index (χ2v) is 9.14. The van der Waals surface area contributed by atoms with Crippen molar-refractivity contribution in [1.82, 2.24) is 0 Å². The first-order valence-electron chi connectivity index (χ1n) is 12.1. The fraction of sp³-hybridized carbons (Fsp3) is 0.920. The van der Waals surface area contributed by atoms with Crippen LogP contribution < -0.4 is 0 Å². The van der Waals surface area contributed by atoms with E-state index in [-0.39, 0.29) is 0 Å². The molecule has 2 aliphatic carbocycles. The second kappa shape index (κ2) is 13.8. The normalized spacial score (nSPS) is 30.1. The molecule has 0 aromatic carbocycles. The Balaban J connectivity index is 1.48. The first kappa shape index (κ1) is 22.0. The van der Waals surface area contributed by atoms with E-state index in [1.807, 2.05) is 0 Å². The Morgan fingerprint density at radius 3 is 1.85 bits per heavy atom. The van der Waals surface area contributed by atoms with Crippen molar-refractivity contribution in [3.63, 3.8) is 0 Å². The van der Waals surface area contributed by atoms with E-state index in [0.717, 1.165) is 24.4 Å². The molecule has 2 saturated carbocycles. The molecular formula is C25H46O. The Labute approximate surface area is 164 Å². The van der Waals surface area contributed by atoms with Gasteiger partial charge in [-0.25, -0.2) is 0 Å². The van der Waals surface area contributed by atoms with Crippen LogP contribution in [-0.4, -0.2) is 12.7 Å². The molecular weight excluding hydrogens is 316 g/mol. The van der Waals surface area contributed by atoms with Crippen LogP contribution in [-0.2, 0) is 4.74 Å². The van der Waals surface area contributed by atoms with Crippen LogP contribution in [0.3, 0.4) is 0 Å². The van der Waals surface area contributed by atoms with Crippen molar-refractivity contribution >= 4 is 0 Å². The highest BCUT2D eigenvalue weighted by atomic mass is 16.5. The highest BCUT2D eigenvalue weighted by Crippen LogP contribution is 2.37. The summed E-state index contributed by atoms with van der Waals surface area (Å²) in [4.78, 5) is 0. The Hall–Kier alpha value is -0.300. The third kappa shape index (κ3) is 9.07. The molecule has 0 spiro atoms. The fourth-order valence-corrected chi connectivity index (χ4v) is 5.09. The van der Waals surface area contributed by atoms with Gasteiger partial charge in [-0.2, -0.15) is 0 Å². The molecule has 152 valence electrons. The minimum atomic E-state index is 0.584. The van der Waals surface area contributed by atoms with E-state index in [9.17, 15) is 0 Å². The van der Waals surface area contributed by atoms with Gasteiger partial charge in [0.05, 0.1) is 6.10 Å². The summed E-state index contributed by atoms with van der Waals surface area (Å²) in [7, 11) is 0. The molecule has 2 fully saturated rings. The summed E-state index contributed by atoms with van der Waals surface area (Å²) in [5.41, 5.74) is 0. The Kier molecular flexibility index (Phi) is 11.7. The van der Waals surface area contributed by atoms with Gasteiger partial charge in [-0.05, 0) is 69.1 Å². The van der Waals surface area contributed by atoms with Crippen molar-refractivity contribution in [2.75, 3.05) is 6.61 Å². The maximum atomic E-state index is 6.08. The molecule has 0 heterocycles. The van der Waals surface area contributed by atoms with Gasteiger partial charge in [0.1, 0.15) is 0 Å². The maximum absolute atomic E-state index is 6.08. The van der Waals surface area contributed by atoms with Gasteiger partial charge in [0, 0.05) is 6.61 Å². The van der Waals surface area contributed by atoms with Crippen LogP contribution in [0.15, 0.2) is 12.2 Å². The number of hydrogen-bond acceptors (Lipinski definition) is 1. The van der Waals surface area contributed by atoms with Crippen molar-refractivity contribution in [2.24, 2.45) is 17.8 Å². The van der Waals surface area contributed by atoms with Crippen LogP contribution >= 0.6 is 0 Å². The van der Waals surface area contributed by atoms with Crippen molar-refractivity contribution in [3.8, 4) is 0 Å². The Morgan fingerprint density at radius 2 is 1.27 bits per heavy atom. The van der Waals surface area contributed by atoms with Crippen molar-refractivity contribution < 1.29 is 4.74 Å². The zero-order valence-electron chi connectivity index (χ0n) is 17.9. The average molecular weight is 363 g/mol. The zero-order valence-corrected chi connectivity index (χ0v) is 17.9. The highest BCUT2D eigenvalue weighted by molar-refractivity contribution is 4.82. The lowest BCUT2D eigenvalue weighted by molar-refractivity contribution is 0.0146. The van der Waals surface area contributed by atoms with Crippen LogP contribution in [0.1, 0.15) is 117 Å².